The van der Waals surface area contributed by atoms with Crippen LogP contribution in [0.5, 0.6) is 0 Å². The average Bonchev–Trinajstić information content (AvgIpc) is 2.44. The highest BCUT2D eigenvalue weighted by molar-refractivity contribution is 6.53. The van der Waals surface area contributed by atoms with Crippen molar-refractivity contribution in [3.8, 4) is 0 Å². The molecule has 5 nitrogen and oxygen atoms in total. The molecule has 18 heavy (non-hydrogen) atoms. The van der Waals surface area contributed by atoms with Crippen molar-refractivity contribution in [2.24, 2.45) is 0 Å². The van der Waals surface area contributed by atoms with Gasteiger partial charge in [0, 0.05) is 14.2 Å². The van der Waals surface area contributed by atoms with E-state index in [1.54, 1.807) is 0 Å². The smallest absolute Gasteiger partial charge is 0.353 e. The second-order valence-corrected chi connectivity index (χ2v) is 6.14. The molecule has 1 aromatic rings. The zero-order chi connectivity index (χ0) is 13.4. The fourth-order valence-corrected chi connectivity index (χ4v) is 3.60. The highest BCUT2D eigenvalue weighted by Gasteiger charge is 2.47. The molecule has 7 heteroatoms. The van der Waals surface area contributed by atoms with Crippen LogP contribution in [0, 0.1) is 0 Å². The van der Waals surface area contributed by atoms with Crippen molar-refractivity contribution in [2.45, 2.75) is 19.4 Å². The van der Waals surface area contributed by atoms with Crippen LogP contribution in [0.3, 0.4) is 0 Å². The monoisotopic (exact) mass is 288 g/mol. The normalized spacial score (nSPS) is 13.7. The van der Waals surface area contributed by atoms with Gasteiger partial charge in [-0.05, 0) is 12.0 Å². The summed E-state index contributed by atoms with van der Waals surface area (Å²) in [4.78, 5) is 0. The van der Waals surface area contributed by atoms with Gasteiger partial charge in [0.2, 0.25) is 0 Å². The fourth-order valence-electron chi connectivity index (χ4n) is 1.60. The van der Waals surface area contributed by atoms with Gasteiger partial charge in [0.25, 0.3) is 0 Å². The van der Waals surface area contributed by atoms with Gasteiger partial charge in [0.05, 0.1) is 6.10 Å². The molecule has 1 rings (SSSR count). The third-order valence-corrected chi connectivity index (χ3v) is 4.96. The number of hydrogen-bond donors (Lipinski definition) is 0. The highest BCUT2D eigenvalue weighted by atomic mass is 28.4. The molecule has 0 radical (unpaired) electrons. The van der Waals surface area contributed by atoms with Crippen LogP contribution in [0.4, 0.5) is 0 Å². The minimum atomic E-state index is -3.20. The van der Waals surface area contributed by atoms with E-state index >= 15 is 0 Å². The van der Waals surface area contributed by atoms with Crippen molar-refractivity contribution in [1.82, 2.24) is 0 Å². The lowest BCUT2D eigenvalue weighted by molar-refractivity contribution is -0.198. The predicted molar refractivity (Wildman–Crippen MR) is 72.4 cm³/mol. The quantitative estimate of drug-likeness (QED) is 0.407. The van der Waals surface area contributed by atoms with Gasteiger partial charge in [-0.3, -0.25) is 0 Å². The first kappa shape index (κ1) is 15.5. The summed E-state index contributed by atoms with van der Waals surface area (Å²) in [5.74, 6) is 0. The van der Waals surface area contributed by atoms with Gasteiger partial charge in [-0.1, -0.05) is 37.3 Å². The van der Waals surface area contributed by atoms with E-state index in [-0.39, 0.29) is 6.10 Å². The van der Waals surface area contributed by atoms with Crippen molar-refractivity contribution in [3.05, 3.63) is 35.9 Å². The zero-order valence-electron chi connectivity index (χ0n) is 11.2. The van der Waals surface area contributed by atoms with Crippen molar-refractivity contribution < 1.29 is 22.4 Å². The van der Waals surface area contributed by atoms with Crippen LogP contribution in [-0.4, -0.2) is 33.8 Å². The number of benzene rings is 1. The topological polar surface area (TPSA) is 46.2 Å². The van der Waals surface area contributed by atoms with E-state index in [1.807, 2.05) is 37.3 Å². The summed E-state index contributed by atoms with van der Waals surface area (Å²) in [6.45, 7) is 2.03. The molecule has 0 bridgehead atoms. The summed E-state index contributed by atoms with van der Waals surface area (Å²) in [6, 6.07) is 9.90. The third kappa shape index (κ3) is 3.99. The van der Waals surface area contributed by atoms with Crippen molar-refractivity contribution in [2.75, 3.05) is 14.2 Å². The molecule has 0 saturated carbocycles. The Balaban J connectivity index is 2.83. The molecule has 0 N–H and O–H groups in total. The Morgan fingerprint density at radius 2 is 1.78 bits per heavy atom. The van der Waals surface area contributed by atoms with Crippen molar-refractivity contribution in [3.63, 3.8) is 0 Å². The third-order valence-electron chi connectivity index (χ3n) is 2.51. The minimum absolute atomic E-state index is 0.144. The van der Waals surface area contributed by atoms with E-state index in [9.17, 15) is 0 Å². The molecule has 0 aromatic heterocycles. The summed E-state index contributed by atoms with van der Waals surface area (Å²) < 4.78 is 26.3. The molecule has 1 atom stereocenters. The van der Waals surface area contributed by atoms with Crippen LogP contribution in [0.1, 0.15) is 25.0 Å². The van der Waals surface area contributed by atoms with Crippen LogP contribution in [0.25, 0.3) is 0 Å². The van der Waals surface area contributed by atoms with E-state index in [1.165, 1.54) is 14.2 Å². The van der Waals surface area contributed by atoms with E-state index in [0.29, 0.717) is 10.5 Å². The minimum Gasteiger partial charge on any atom is -0.353 e. The zero-order valence-corrected chi connectivity index (χ0v) is 14.2. The van der Waals surface area contributed by atoms with Crippen LogP contribution < -0.4 is 0 Å². The first-order chi connectivity index (χ1) is 8.71. The van der Waals surface area contributed by atoms with E-state index < -0.39 is 9.05 Å². The lowest BCUT2D eigenvalue weighted by Crippen LogP contribution is -2.48. The molecule has 0 spiro atoms. The molecule has 1 unspecified atom stereocenters. The maximum Gasteiger partial charge on any atom is 0.706 e. The van der Waals surface area contributed by atoms with Gasteiger partial charge in [-0.2, -0.15) is 0 Å². The van der Waals surface area contributed by atoms with Gasteiger partial charge in [0.15, 0.2) is 10.5 Å². The summed E-state index contributed by atoms with van der Waals surface area (Å²) in [5, 5.41) is 0. The molecule has 0 heterocycles. The Kier molecular flexibility index (Phi) is 6.72. The molecule has 0 aliphatic heterocycles. The molecule has 1 aromatic carbocycles. The largest absolute Gasteiger partial charge is 0.706 e. The van der Waals surface area contributed by atoms with E-state index in [0.717, 1.165) is 12.0 Å². The maximum absolute atomic E-state index is 5.88. The first-order valence-electron chi connectivity index (χ1n) is 5.76. The van der Waals surface area contributed by atoms with Gasteiger partial charge in [-0.15, -0.1) is 0 Å². The predicted octanol–water partition coefficient (Wildman–Crippen LogP) is 1.11. The molecular formula is C11H20O5Si2. The van der Waals surface area contributed by atoms with Crippen LogP contribution in [0.2, 0.25) is 0 Å². The molecule has 0 aliphatic rings. The van der Waals surface area contributed by atoms with Gasteiger partial charge < -0.3 is 17.9 Å². The molecular weight excluding hydrogens is 268 g/mol. The van der Waals surface area contributed by atoms with Gasteiger partial charge in [-0.25, -0.2) is 4.58 Å². The van der Waals surface area contributed by atoms with Crippen LogP contribution in [0.15, 0.2) is 30.3 Å². The average molecular weight is 288 g/mol. The van der Waals surface area contributed by atoms with Crippen LogP contribution in [-0.2, 0) is 22.4 Å². The Labute approximate surface area is 112 Å². The highest BCUT2D eigenvalue weighted by Crippen LogP contribution is 2.26. The molecule has 0 saturated heterocycles. The van der Waals surface area contributed by atoms with E-state index in [4.69, 9.17) is 22.4 Å². The maximum atomic E-state index is 5.88. The summed E-state index contributed by atoms with van der Waals surface area (Å²) in [7, 11) is 0.214. The Morgan fingerprint density at radius 1 is 1.17 bits per heavy atom. The first-order valence-corrected chi connectivity index (χ1v) is 8.21. The van der Waals surface area contributed by atoms with E-state index in [2.05, 4.69) is 0 Å². The molecule has 0 amide bonds. The van der Waals surface area contributed by atoms with Crippen molar-refractivity contribution in [1.29, 1.82) is 0 Å². The summed E-state index contributed by atoms with van der Waals surface area (Å²) in [5.41, 5.74) is 1.06. The Bertz CT molecular complexity index is 331. The van der Waals surface area contributed by atoms with Crippen molar-refractivity contribution >= 4 is 19.5 Å². The number of rotatable bonds is 8. The lowest BCUT2D eigenvalue weighted by atomic mass is 10.1. The molecule has 102 valence electrons. The second kappa shape index (κ2) is 7.79. The van der Waals surface area contributed by atoms with Gasteiger partial charge >= 0.3 is 9.05 Å². The molecule has 0 fully saturated rings. The second-order valence-electron chi connectivity index (χ2n) is 3.58. The summed E-state index contributed by atoms with van der Waals surface area (Å²) in [6.07, 6.45) is 0.644. The summed E-state index contributed by atoms with van der Waals surface area (Å²) >= 11 is 0. The Hall–Kier alpha value is -0.546. The molecule has 0 aliphatic carbocycles. The fraction of sp³-hybridized carbons (Fsp3) is 0.455. The standard InChI is InChI=1S/C11H20O5Si2/c1-4-11(10-8-6-5-7-9-10)14-18(12-2,13-3)16-15-17/h5-9,11H,4H2,1-3,17H3. The SMILES string of the molecule is CCC(O[Si](OC)(OC)OO[SiH3])c1ccccc1. The Morgan fingerprint density at radius 3 is 2.22 bits per heavy atom. The lowest BCUT2D eigenvalue weighted by Gasteiger charge is -2.28. The van der Waals surface area contributed by atoms with Crippen LogP contribution >= 0.6 is 0 Å². The van der Waals surface area contributed by atoms with Gasteiger partial charge in [0.1, 0.15) is 0 Å². The number of hydrogen-bond acceptors (Lipinski definition) is 5.